The number of aromatic nitrogens is 1. The summed E-state index contributed by atoms with van der Waals surface area (Å²) in [6, 6.07) is 8.38. The molecule has 2 aromatic carbocycles. The molecule has 0 amide bonds. The zero-order chi connectivity index (χ0) is 23.7. The van der Waals surface area contributed by atoms with E-state index >= 15 is 0 Å². The molecule has 0 radical (unpaired) electrons. The summed E-state index contributed by atoms with van der Waals surface area (Å²) in [5, 5.41) is 0. The van der Waals surface area contributed by atoms with Crippen molar-refractivity contribution in [1.82, 2.24) is 4.98 Å². The fourth-order valence-electron chi connectivity index (χ4n) is 3.11. The van der Waals surface area contributed by atoms with Gasteiger partial charge in [-0.1, -0.05) is 12.1 Å². The van der Waals surface area contributed by atoms with Crippen LogP contribution < -0.4 is 4.74 Å². The van der Waals surface area contributed by atoms with Gasteiger partial charge in [-0.15, -0.1) is 0 Å². The summed E-state index contributed by atoms with van der Waals surface area (Å²) >= 11 is 0. The minimum Gasteiger partial charge on any atom is -0.481 e. The maximum atomic E-state index is 13.7. The van der Waals surface area contributed by atoms with Gasteiger partial charge in [0.25, 0.3) is 0 Å². The normalized spacial score (nSPS) is 11.9. The molecular weight excluding hydrogens is 440 g/mol. The van der Waals surface area contributed by atoms with E-state index in [1.54, 1.807) is 0 Å². The number of nitrogens with zero attached hydrogens (tertiary/aromatic N) is 1. The van der Waals surface area contributed by atoms with E-state index in [2.05, 4.69) is 9.72 Å². The summed E-state index contributed by atoms with van der Waals surface area (Å²) in [5.74, 6) is -1.02. The predicted octanol–water partition coefficient (Wildman–Crippen LogP) is 6.25. The molecule has 0 aliphatic heterocycles. The van der Waals surface area contributed by atoms with Gasteiger partial charge in [0.05, 0.1) is 30.9 Å². The second-order valence-electron chi connectivity index (χ2n) is 6.60. The van der Waals surface area contributed by atoms with E-state index in [1.165, 1.54) is 31.5 Å². The van der Waals surface area contributed by atoms with E-state index in [9.17, 15) is 31.1 Å². The lowest BCUT2D eigenvalue weighted by Gasteiger charge is -2.18. The second kappa shape index (κ2) is 8.52. The number of ether oxygens (including phenoxy) is 2. The molecule has 0 aliphatic rings. The molecule has 0 bridgehead atoms. The Balaban J connectivity index is 2.36. The van der Waals surface area contributed by atoms with Crippen molar-refractivity contribution in [2.45, 2.75) is 12.4 Å². The largest absolute Gasteiger partial charge is 0.481 e. The van der Waals surface area contributed by atoms with Gasteiger partial charge in [0.15, 0.2) is 0 Å². The Morgan fingerprint density at radius 2 is 1.53 bits per heavy atom. The molecule has 3 rings (SSSR count). The first kappa shape index (κ1) is 23.1. The molecule has 0 atom stereocenters. The zero-order valence-electron chi connectivity index (χ0n) is 16.6. The number of pyridine rings is 1. The van der Waals surface area contributed by atoms with Gasteiger partial charge in [-0.25, -0.2) is 9.78 Å². The molecule has 10 heteroatoms. The lowest BCUT2D eigenvalue weighted by molar-refractivity contribution is -0.138. The van der Waals surface area contributed by atoms with E-state index in [-0.39, 0.29) is 28.1 Å². The van der Waals surface area contributed by atoms with Crippen LogP contribution in [0.25, 0.3) is 22.3 Å². The molecule has 4 nitrogen and oxygen atoms in total. The monoisotopic (exact) mass is 455 g/mol. The van der Waals surface area contributed by atoms with E-state index in [0.717, 1.165) is 31.4 Å². The van der Waals surface area contributed by atoms with E-state index in [1.807, 2.05) is 0 Å². The molecule has 1 heterocycles. The van der Waals surface area contributed by atoms with Crippen molar-refractivity contribution < 1.29 is 40.6 Å². The molecule has 3 aromatic rings. The third kappa shape index (κ3) is 4.68. The van der Waals surface area contributed by atoms with Crippen LogP contribution in [0.2, 0.25) is 0 Å². The van der Waals surface area contributed by atoms with Crippen LogP contribution in [0.1, 0.15) is 21.5 Å². The highest BCUT2D eigenvalue weighted by atomic mass is 19.4. The van der Waals surface area contributed by atoms with Crippen LogP contribution in [0.4, 0.5) is 26.3 Å². The summed E-state index contributed by atoms with van der Waals surface area (Å²) in [5.41, 5.74) is -3.09. The summed E-state index contributed by atoms with van der Waals surface area (Å²) in [7, 11) is 2.29. The topological polar surface area (TPSA) is 48.4 Å². The molecule has 1 aromatic heterocycles. The number of methoxy groups -OCH3 is 2. The summed E-state index contributed by atoms with van der Waals surface area (Å²) in [6.07, 6.45) is -8.38. The third-order valence-corrected chi connectivity index (χ3v) is 4.63. The fraction of sp³-hybridized carbons (Fsp3) is 0.182. The Morgan fingerprint density at radius 3 is 2.06 bits per heavy atom. The number of rotatable bonds is 4. The van der Waals surface area contributed by atoms with Crippen molar-refractivity contribution in [3.8, 4) is 28.1 Å². The molecule has 0 aliphatic carbocycles. The van der Waals surface area contributed by atoms with Gasteiger partial charge in [0.2, 0.25) is 5.88 Å². The Bertz CT molecular complexity index is 1140. The molecule has 0 N–H and O–H groups in total. The first-order chi connectivity index (χ1) is 15.0. The first-order valence-corrected chi connectivity index (χ1v) is 8.97. The van der Waals surface area contributed by atoms with Gasteiger partial charge in [-0.2, -0.15) is 26.3 Å². The average molecular weight is 455 g/mol. The average Bonchev–Trinajstić information content (AvgIpc) is 2.76. The van der Waals surface area contributed by atoms with Gasteiger partial charge in [0, 0.05) is 17.8 Å². The minimum atomic E-state index is -4.96. The fourth-order valence-corrected chi connectivity index (χ4v) is 3.11. The smallest absolute Gasteiger partial charge is 0.417 e. The van der Waals surface area contributed by atoms with Crippen LogP contribution in [-0.2, 0) is 17.1 Å². The summed E-state index contributed by atoms with van der Waals surface area (Å²) in [6.45, 7) is 0. The molecule has 0 saturated carbocycles. The molecule has 32 heavy (non-hydrogen) atoms. The number of halogens is 6. The maximum absolute atomic E-state index is 13.7. The Kier molecular flexibility index (Phi) is 6.16. The van der Waals surface area contributed by atoms with Crippen LogP contribution in [-0.4, -0.2) is 25.2 Å². The number of benzene rings is 2. The number of carbonyl (C=O) groups excluding carboxylic acids is 1. The van der Waals surface area contributed by atoms with Crippen molar-refractivity contribution in [2.75, 3.05) is 14.2 Å². The van der Waals surface area contributed by atoms with Crippen molar-refractivity contribution in [1.29, 1.82) is 0 Å². The van der Waals surface area contributed by atoms with E-state index in [0.29, 0.717) is 6.07 Å². The van der Waals surface area contributed by atoms with Gasteiger partial charge in [-0.3, -0.25) is 0 Å². The molecular formula is C22H15F6NO3. The minimum absolute atomic E-state index is 0.0628. The third-order valence-electron chi connectivity index (χ3n) is 4.63. The van der Waals surface area contributed by atoms with Crippen LogP contribution in [0, 0.1) is 0 Å². The Morgan fingerprint density at radius 1 is 0.844 bits per heavy atom. The quantitative estimate of drug-likeness (QED) is 0.345. The highest BCUT2D eigenvalue weighted by Gasteiger charge is 2.37. The SMILES string of the molecule is COC(=O)c1cc(-c2ccc(OC)nc2)c(-c2cccc(C(F)(F)F)c2)cc1C(F)(F)F. The number of alkyl halides is 6. The van der Waals surface area contributed by atoms with Gasteiger partial charge >= 0.3 is 18.3 Å². The highest BCUT2D eigenvalue weighted by molar-refractivity contribution is 5.96. The number of esters is 1. The van der Waals surface area contributed by atoms with Crippen molar-refractivity contribution in [3.63, 3.8) is 0 Å². The molecule has 0 unspecified atom stereocenters. The predicted molar refractivity (Wildman–Crippen MR) is 103 cm³/mol. The summed E-state index contributed by atoms with van der Waals surface area (Å²) < 4.78 is 90.2. The molecule has 0 fully saturated rings. The van der Waals surface area contributed by atoms with Crippen LogP contribution in [0.5, 0.6) is 5.88 Å². The van der Waals surface area contributed by atoms with Crippen molar-refractivity contribution in [3.05, 3.63) is 71.4 Å². The van der Waals surface area contributed by atoms with Crippen LogP contribution >= 0.6 is 0 Å². The number of hydrogen-bond donors (Lipinski definition) is 0. The molecule has 0 saturated heterocycles. The Hall–Kier alpha value is -3.56. The second-order valence-corrected chi connectivity index (χ2v) is 6.60. The standard InChI is InChI=1S/C22H15F6NO3/c1-31-19-7-6-13(11-29-19)15-9-17(20(30)32-2)18(22(26,27)28)10-16(15)12-4-3-5-14(8-12)21(23,24)25/h3-11H,1-2H3. The maximum Gasteiger partial charge on any atom is 0.417 e. The van der Waals surface area contributed by atoms with Gasteiger partial charge in [0.1, 0.15) is 0 Å². The number of carbonyl (C=O) groups is 1. The van der Waals surface area contributed by atoms with E-state index in [4.69, 9.17) is 4.74 Å². The van der Waals surface area contributed by atoms with Crippen molar-refractivity contribution >= 4 is 5.97 Å². The van der Waals surface area contributed by atoms with Gasteiger partial charge < -0.3 is 9.47 Å². The summed E-state index contributed by atoms with van der Waals surface area (Å²) in [4.78, 5) is 16.1. The van der Waals surface area contributed by atoms with Gasteiger partial charge in [-0.05, 0) is 47.0 Å². The highest BCUT2D eigenvalue weighted by Crippen LogP contribution is 2.42. The molecule has 0 spiro atoms. The van der Waals surface area contributed by atoms with Crippen LogP contribution in [0.15, 0.2) is 54.7 Å². The Labute approximate surface area is 178 Å². The lowest BCUT2D eigenvalue weighted by Crippen LogP contribution is -2.15. The molecule has 168 valence electrons. The lowest BCUT2D eigenvalue weighted by atomic mass is 9.89. The van der Waals surface area contributed by atoms with E-state index < -0.39 is 35.0 Å². The zero-order valence-corrected chi connectivity index (χ0v) is 16.6. The van der Waals surface area contributed by atoms with Crippen LogP contribution in [0.3, 0.4) is 0 Å². The number of hydrogen-bond acceptors (Lipinski definition) is 4. The van der Waals surface area contributed by atoms with Crippen molar-refractivity contribution in [2.24, 2.45) is 0 Å². The first-order valence-electron chi connectivity index (χ1n) is 8.97.